The first-order chi connectivity index (χ1) is 48.5. The molecule has 0 saturated carbocycles. The summed E-state index contributed by atoms with van der Waals surface area (Å²) in [4.78, 5) is 2.44. The topological polar surface area (TPSA) is 26.6 Å². The van der Waals surface area contributed by atoms with Crippen LogP contribution in [0.15, 0.2) is 329 Å². The van der Waals surface area contributed by atoms with E-state index in [9.17, 15) is 0 Å². The fourth-order valence-corrected chi connectivity index (χ4v) is 16.1. The van der Waals surface area contributed by atoms with Crippen LogP contribution in [0.3, 0.4) is 0 Å². The van der Waals surface area contributed by atoms with E-state index in [-0.39, 0.29) is 10.8 Å². The summed E-state index contributed by atoms with van der Waals surface area (Å²) < 4.78 is 14.9. The number of benzene rings is 13. The first-order valence-electron chi connectivity index (χ1n) is 34.9. The number of hydrogen-bond donors (Lipinski definition) is 0. The average molecular weight is 1270 g/mol. The van der Waals surface area contributed by atoms with Crippen molar-refractivity contribution in [1.82, 2.24) is 4.57 Å². The zero-order chi connectivity index (χ0) is 65.8. The lowest BCUT2D eigenvalue weighted by molar-refractivity contribution is 0.301. The summed E-state index contributed by atoms with van der Waals surface area (Å²) in [6, 6.07) is 117. The molecule has 2 aliphatic carbocycles. The van der Waals surface area contributed by atoms with Crippen molar-refractivity contribution in [2.75, 3.05) is 18.1 Å². The number of nitrogens with zero attached hydrogens (tertiary/aromatic N) is 2. The Kier molecular flexibility index (Phi) is 16.9. The second-order valence-corrected chi connectivity index (χ2v) is 26.3. The zero-order valence-electron chi connectivity index (χ0n) is 55.4. The highest BCUT2D eigenvalue weighted by Crippen LogP contribution is 2.58. The molecule has 0 radical (unpaired) electrons. The molecule has 0 bridgehead atoms. The standard InChI is InChI=1S/C94H78N2O2/c1-3-67-38-53-79(54-39-67)97-62-24-6-5-22-60-93(73-26-10-7-11-27-73)87-35-19-16-32-81(87)83-57-46-71(64-89(83)93)69-42-48-76(49-43-69)95(78-52-59-92-86(66-78)85-34-18-21-37-91(85)96(92)75-30-14-9-15-31-75)77-50-44-70(45-51-77)72-47-58-84-82-33-17-20-36-88(82)94(90(84)65-72,74-28-12-8-13-29-74)61-23-25-63-98-80-55-40-68(4-2)41-56-80/h3-4,7-21,26-59,64-66H,1-2,5-6,22-25,60-63H2. The fraction of sp³-hybridized carbons (Fsp3) is 0.128. The van der Waals surface area contributed by atoms with Crippen LogP contribution in [0.1, 0.15) is 95.9 Å². The number of hydrogen-bond acceptors (Lipinski definition) is 3. The molecule has 4 heteroatoms. The van der Waals surface area contributed by atoms with Crippen molar-refractivity contribution in [2.24, 2.45) is 0 Å². The van der Waals surface area contributed by atoms with E-state index in [1.54, 1.807) is 0 Å². The van der Waals surface area contributed by atoms with E-state index in [4.69, 9.17) is 9.47 Å². The normalized spacial score (nSPS) is 14.9. The third-order valence-corrected chi connectivity index (χ3v) is 20.9. The van der Waals surface area contributed by atoms with E-state index in [1.807, 2.05) is 36.4 Å². The second-order valence-electron chi connectivity index (χ2n) is 26.3. The summed E-state index contributed by atoms with van der Waals surface area (Å²) in [5.74, 6) is 1.80. The van der Waals surface area contributed by atoms with Gasteiger partial charge < -0.3 is 18.9 Å². The van der Waals surface area contributed by atoms with Gasteiger partial charge in [0.05, 0.1) is 24.2 Å². The van der Waals surface area contributed by atoms with Crippen molar-refractivity contribution in [3.05, 3.63) is 373 Å². The fourth-order valence-electron chi connectivity index (χ4n) is 16.1. The van der Waals surface area contributed by atoms with E-state index in [1.165, 1.54) is 99.7 Å². The van der Waals surface area contributed by atoms with Gasteiger partial charge in [0.2, 0.25) is 0 Å². The summed E-state index contributed by atoms with van der Waals surface area (Å²) in [7, 11) is 0. The third-order valence-electron chi connectivity index (χ3n) is 20.9. The van der Waals surface area contributed by atoms with Crippen LogP contribution in [0, 0.1) is 0 Å². The number of rotatable bonds is 24. The van der Waals surface area contributed by atoms with Gasteiger partial charge in [-0.2, -0.15) is 0 Å². The number of para-hydroxylation sites is 2. The van der Waals surface area contributed by atoms with Crippen LogP contribution in [-0.4, -0.2) is 17.8 Å². The second kappa shape index (κ2) is 27.0. The maximum absolute atomic E-state index is 6.31. The summed E-state index contributed by atoms with van der Waals surface area (Å²) >= 11 is 0. The van der Waals surface area contributed by atoms with Gasteiger partial charge >= 0.3 is 0 Å². The molecule has 16 rings (SSSR count). The molecule has 0 N–H and O–H groups in total. The zero-order valence-corrected chi connectivity index (χ0v) is 55.4. The Balaban J connectivity index is 0.739. The van der Waals surface area contributed by atoms with Crippen molar-refractivity contribution in [2.45, 2.75) is 62.2 Å². The third kappa shape index (κ3) is 11.3. The molecular formula is C94H78N2O2. The highest BCUT2D eigenvalue weighted by atomic mass is 16.5. The molecule has 0 amide bonds. The van der Waals surface area contributed by atoms with E-state index >= 15 is 0 Å². The molecule has 1 aromatic heterocycles. The van der Waals surface area contributed by atoms with Crippen LogP contribution in [0.25, 0.3) is 84.2 Å². The molecule has 0 spiro atoms. The maximum atomic E-state index is 6.31. The largest absolute Gasteiger partial charge is 0.494 e. The molecule has 4 nitrogen and oxygen atoms in total. The Hall–Kier alpha value is -11.5. The van der Waals surface area contributed by atoms with Crippen LogP contribution in [-0.2, 0) is 10.8 Å². The highest BCUT2D eigenvalue weighted by molar-refractivity contribution is 6.11. The number of ether oxygens (including phenoxy) is 2. The van der Waals surface area contributed by atoms with Gasteiger partial charge in [0.15, 0.2) is 0 Å². The summed E-state index contributed by atoms with van der Waals surface area (Å²) in [6.45, 7) is 9.18. The first kappa shape index (κ1) is 61.4. The predicted molar refractivity (Wildman–Crippen MR) is 411 cm³/mol. The predicted octanol–water partition coefficient (Wildman–Crippen LogP) is 24.8. The lowest BCUT2D eigenvalue weighted by Gasteiger charge is -2.33. The molecule has 476 valence electrons. The Labute approximate surface area is 576 Å². The van der Waals surface area contributed by atoms with Gasteiger partial charge in [0.25, 0.3) is 0 Å². The molecular weight excluding hydrogens is 1190 g/mol. The monoisotopic (exact) mass is 1270 g/mol. The average Bonchev–Trinajstić information content (AvgIpc) is 1.56. The Morgan fingerprint density at radius 2 is 0.724 bits per heavy atom. The molecule has 2 unspecified atom stereocenters. The number of fused-ring (bicyclic) bond motifs is 9. The first-order valence-corrected chi connectivity index (χ1v) is 34.9. The SMILES string of the molecule is C=Cc1ccc(OCCCCCCC2(c3ccccc3)c3ccccc3-c3ccc(-c4ccc(N(c5ccc(-c6ccc7c(c6)C(CCCCOc6ccc(C=C)cc6)(c6ccccc6)c6ccccc6-7)cc5)c5ccc6c(c5)c5ccccc5n6-c5ccccc5)cc4)cc32)cc1. The van der Waals surface area contributed by atoms with Gasteiger partial charge in [-0.3, -0.25) is 0 Å². The molecule has 2 aliphatic rings. The van der Waals surface area contributed by atoms with Gasteiger partial charge in [0.1, 0.15) is 11.5 Å². The molecule has 0 saturated heterocycles. The van der Waals surface area contributed by atoms with Crippen LogP contribution in [0.5, 0.6) is 11.5 Å². The van der Waals surface area contributed by atoms with Gasteiger partial charge in [-0.25, -0.2) is 0 Å². The minimum atomic E-state index is -0.341. The molecule has 0 aliphatic heterocycles. The minimum absolute atomic E-state index is 0.302. The molecule has 13 aromatic carbocycles. The molecule has 14 aromatic rings. The highest BCUT2D eigenvalue weighted by Gasteiger charge is 2.46. The van der Waals surface area contributed by atoms with E-state index < -0.39 is 0 Å². The van der Waals surface area contributed by atoms with Crippen LogP contribution in [0.4, 0.5) is 17.1 Å². The van der Waals surface area contributed by atoms with Gasteiger partial charge in [-0.1, -0.05) is 263 Å². The molecule has 2 atom stereocenters. The molecule has 0 fully saturated rings. The van der Waals surface area contributed by atoms with Crippen molar-refractivity contribution < 1.29 is 9.47 Å². The van der Waals surface area contributed by atoms with Crippen molar-refractivity contribution in [3.63, 3.8) is 0 Å². The van der Waals surface area contributed by atoms with Crippen molar-refractivity contribution in [1.29, 1.82) is 0 Å². The Bertz CT molecular complexity index is 5170. The lowest BCUT2D eigenvalue weighted by atomic mass is 9.69. The van der Waals surface area contributed by atoms with Crippen LogP contribution in [0.2, 0.25) is 0 Å². The summed E-state index contributed by atoms with van der Waals surface area (Å²) in [5.41, 5.74) is 26.5. The number of unbranched alkanes of at least 4 members (excludes halogenated alkanes) is 4. The molecule has 98 heavy (non-hydrogen) atoms. The number of anilines is 3. The van der Waals surface area contributed by atoms with Crippen molar-refractivity contribution in [3.8, 4) is 61.7 Å². The molecule has 1 heterocycles. The van der Waals surface area contributed by atoms with E-state index in [0.717, 1.165) is 96.7 Å². The van der Waals surface area contributed by atoms with E-state index in [2.05, 4.69) is 314 Å². The number of aromatic nitrogens is 1. The lowest BCUT2D eigenvalue weighted by Crippen LogP contribution is -2.27. The maximum Gasteiger partial charge on any atom is 0.119 e. The summed E-state index contributed by atoms with van der Waals surface area (Å²) in [6.07, 6.45) is 11.9. The van der Waals surface area contributed by atoms with Gasteiger partial charge in [-0.15, -0.1) is 0 Å². The van der Waals surface area contributed by atoms with E-state index in [0.29, 0.717) is 13.2 Å². The summed E-state index contributed by atoms with van der Waals surface area (Å²) in [5, 5.41) is 2.42. The Morgan fingerprint density at radius 1 is 0.316 bits per heavy atom. The van der Waals surface area contributed by atoms with Crippen LogP contribution < -0.4 is 14.4 Å². The van der Waals surface area contributed by atoms with Gasteiger partial charge in [0, 0.05) is 44.4 Å². The minimum Gasteiger partial charge on any atom is -0.494 e. The van der Waals surface area contributed by atoms with Gasteiger partial charge in [-0.05, 0) is 218 Å². The van der Waals surface area contributed by atoms with Crippen molar-refractivity contribution >= 4 is 51.0 Å². The van der Waals surface area contributed by atoms with Crippen LogP contribution >= 0.6 is 0 Å². The smallest absolute Gasteiger partial charge is 0.119 e. The Morgan fingerprint density at radius 3 is 1.24 bits per heavy atom. The quantitative estimate of drug-likeness (QED) is 0.0564.